The van der Waals surface area contributed by atoms with Gasteiger partial charge in [-0.25, -0.2) is 0 Å². The highest BCUT2D eigenvalue weighted by Crippen LogP contribution is 2.39. The van der Waals surface area contributed by atoms with Crippen molar-refractivity contribution < 1.29 is 19.4 Å². The van der Waals surface area contributed by atoms with Crippen molar-refractivity contribution in [2.24, 2.45) is 5.92 Å². The maximum Gasteiger partial charge on any atom is 0.246 e. The number of benzene rings is 1. The Balaban J connectivity index is 1.79. The summed E-state index contributed by atoms with van der Waals surface area (Å²) in [7, 11) is 1.51. The molecule has 3 rings (SSSR count). The minimum absolute atomic E-state index is 0.0554. The van der Waals surface area contributed by atoms with Gasteiger partial charge in [-0.05, 0) is 42.0 Å². The van der Waals surface area contributed by atoms with Crippen LogP contribution in [0, 0.1) is 5.92 Å². The standard InChI is InChI=1S/C16H21NO4/c1-20-9-15(19)17-16(12-7-13(18)8-12)11-2-3-14-10(6-11)4-5-21-14/h2-3,6,12-13,16,18H,4-5,7-9H2,1H3,(H,17,19). The molecule has 0 bridgehead atoms. The predicted molar refractivity (Wildman–Crippen MR) is 77.1 cm³/mol. The maximum atomic E-state index is 11.9. The van der Waals surface area contributed by atoms with E-state index in [2.05, 4.69) is 11.4 Å². The van der Waals surface area contributed by atoms with Crippen molar-refractivity contribution in [2.45, 2.75) is 31.4 Å². The summed E-state index contributed by atoms with van der Waals surface area (Å²) >= 11 is 0. The average molecular weight is 291 g/mol. The van der Waals surface area contributed by atoms with Crippen molar-refractivity contribution in [3.05, 3.63) is 29.3 Å². The molecule has 2 N–H and O–H groups in total. The lowest BCUT2D eigenvalue weighted by atomic mass is 9.75. The number of aliphatic hydroxyl groups is 1. The number of rotatable bonds is 5. The summed E-state index contributed by atoms with van der Waals surface area (Å²) < 4.78 is 10.4. The van der Waals surface area contributed by atoms with Gasteiger partial charge in [0.1, 0.15) is 12.4 Å². The molecule has 1 amide bonds. The van der Waals surface area contributed by atoms with Gasteiger partial charge in [0.05, 0.1) is 18.8 Å². The summed E-state index contributed by atoms with van der Waals surface area (Å²) in [6.07, 6.45) is 2.13. The molecular formula is C16H21NO4. The number of methoxy groups -OCH3 is 1. The molecular weight excluding hydrogens is 270 g/mol. The van der Waals surface area contributed by atoms with Crippen LogP contribution in [-0.4, -0.2) is 37.4 Å². The van der Waals surface area contributed by atoms with Gasteiger partial charge in [-0.2, -0.15) is 0 Å². The number of nitrogens with one attached hydrogen (secondary N) is 1. The monoisotopic (exact) mass is 291 g/mol. The van der Waals surface area contributed by atoms with E-state index in [0.717, 1.165) is 37.2 Å². The van der Waals surface area contributed by atoms with E-state index in [1.807, 2.05) is 12.1 Å². The Labute approximate surface area is 124 Å². The van der Waals surface area contributed by atoms with Crippen LogP contribution >= 0.6 is 0 Å². The fraction of sp³-hybridized carbons (Fsp3) is 0.562. The third kappa shape index (κ3) is 3.04. The van der Waals surface area contributed by atoms with Gasteiger partial charge in [-0.1, -0.05) is 6.07 Å². The highest BCUT2D eigenvalue weighted by molar-refractivity contribution is 5.77. The Morgan fingerprint density at radius 2 is 2.33 bits per heavy atom. The molecule has 1 saturated carbocycles. The molecule has 1 atom stereocenters. The zero-order chi connectivity index (χ0) is 14.8. The lowest BCUT2D eigenvalue weighted by Gasteiger charge is -2.38. The minimum Gasteiger partial charge on any atom is -0.493 e. The number of carbonyl (C=O) groups is 1. The van der Waals surface area contributed by atoms with E-state index < -0.39 is 0 Å². The van der Waals surface area contributed by atoms with Crippen molar-refractivity contribution in [1.29, 1.82) is 0 Å². The quantitative estimate of drug-likeness (QED) is 0.855. The first-order valence-corrected chi connectivity index (χ1v) is 7.39. The second-order valence-corrected chi connectivity index (χ2v) is 5.83. The van der Waals surface area contributed by atoms with E-state index in [4.69, 9.17) is 9.47 Å². The number of ether oxygens (including phenoxy) is 2. The number of amides is 1. The molecule has 0 radical (unpaired) electrons. The average Bonchev–Trinajstić information content (AvgIpc) is 2.89. The molecule has 5 nitrogen and oxygen atoms in total. The van der Waals surface area contributed by atoms with Crippen LogP contribution in [0.15, 0.2) is 18.2 Å². The molecule has 1 fully saturated rings. The Morgan fingerprint density at radius 3 is 3.05 bits per heavy atom. The molecule has 114 valence electrons. The first kappa shape index (κ1) is 14.4. The highest BCUT2D eigenvalue weighted by atomic mass is 16.5. The Kier molecular flexibility index (Phi) is 4.12. The molecule has 0 aromatic heterocycles. The molecule has 0 saturated heterocycles. The topological polar surface area (TPSA) is 67.8 Å². The van der Waals surface area contributed by atoms with E-state index in [1.165, 1.54) is 12.7 Å². The lowest BCUT2D eigenvalue weighted by molar-refractivity contribution is -0.126. The van der Waals surface area contributed by atoms with Gasteiger partial charge in [0.25, 0.3) is 0 Å². The van der Waals surface area contributed by atoms with Crippen molar-refractivity contribution >= 4 is 5.91 Å². The van der Waals surface area contributed by atoms with E-state index in [9.17, 15) is 9.90 Å². The highest BCUT2D eigenvalue weighted by Gasteiger charge is 2.36. The molecule has 1 unspecified atom stereocenters. The van der Waals surface area contributed by atoms with Gasteiger partial charge < -0.3 is 19.9 Å². The Bertz CT molecular complexity index is 525. The largest absolute Gasteiger partial charge is 0.493 e. The first-order valence-electron chi connectivity index (χ1n) is 7.39. The van der Waals surface area contributed by atoms with Gasteiger partial charge in [-0.3, -0.25) is 4.79 Å². The van der Waals surface area contributed by atoms with Gasteiger partial charge in [0.2, 0.25) is 5.91 Å². The predicted octanol–water partition coefficient (Wildman–Crippen LogP) is 1.20. The van der Waals surface area contributed by atoms with Crippen LogP contribution in [0.25, 0.3) is 0 Å². The third-order valence-electron chi connectivity index (χ3n) is 4.29. The van der Waals surface area contributed by atoms with Crippen LogP contribution in [0.3, 0.4) is 0 Å². The molecule has 2 aliphatic rings. The summed E-state index contributed by atoms with van der Waals surface area (Å²) in [5.74, 6) is 1.09. The smallest absolute Gasteiger partial charge is 0.246 e. The number of aliphatic hydroxyl groups excluding tert-OH is 1. The number of hydrogen-bond donors (Lipinski definition) is 2. The minimum atomic E-state index is -0.241. The second kappa shape index (κ2) is 6.03. The summed E-state index contributed by atoms with van der Waals surface area (Å²) in [6.45, 7) is 0.779. The Hall–Kier alpha value is -1.59. The fourth-order valence-electron chi connectivity index (χ4n) is 3.12. The van der Waals surface area contributed by atoms with Gasteiger partial charge >= 0.3 is 0 Å². The second-order valence-electron chi connectivity index (χ2n) is 5.83. The number of hydrogen-bond acceptors (Lipinski definition) is 4. The zero-order valence-corrected chi connectivity index (χ0v) is 12.2. The van der Waals surface area contributed by atoms with Crippen molar-refractivity contribution in [2.75, 3.05) is 20.3 Å². The van der Waals surface area contributed by atoms with Gasteiger partial charge in [-0.15, -0.1) is 0 Å². The Morgan fingerprint density at radius 1 is 1.52 bits per heavy atom. The van der Waals surface area contributed by atoms with Crippen LogP contribution < -0.4 is 10.1 Å². The van der Waals surface area contributed by atoms with E-state index in [0.29, 0.717) is 0 Å². The van der Waals surface area contributed by atoms with E-state index in [-0.39, 0.29) is 30.6 Å². The summed E-state index contributed by atoms with van der Waals surface area (Å²) in [5, 5.41) is 12.6. The number of fused-ring (bicyclic) bond motifs is 1. The van der Waals surface area contributed by atoms with Gasteiger partial charge in [0, 0.05) is 13.5 Å². The van der Waals surface area contributed by atoms with E-state index >= 15 is 0 Å². The van der Waals surface area contributed by atoms with Crippen LogP contribution in [0.1, 0.15) is 30.0 Å². The molecule has 21 heavy (non-hydrogen) atoms. The molecule has 1 aliphatic heterocycles. The fourth-order valence-corrected chi connectivity index (χ4v) is 3.12. The molecule has 1 aliphatic carbocycles. The van der Waals surface area contributed by atoms with Gasteiger partial charge in [0.15, 0.2) is 0 Å². The van der Waals surface area contributed by atoms with Crippen molar-refractivity contribution in [3.8, 4) is 5.75 Å². The van der Waals surface area contributed by atoms with Crippen LogP contribution in [0.4, 0.5) is 0 Å². The van der Waals surface area contributed by atoms with Crippen LogP contribution in [-0.2, 0) is 16.0 Å². The summed E-state index contributed by atoms with van der Waals surface area (Å²) in [4.78, 5) is 11.9. The first-order chi connectivity index (χ1) is 10.2. The maximum absolute atomic E-state index is 11.9. The summed E-state index contributed by atoms with van der Waals surface area (Å²) in [6, 6.07) is 6.03. The van der Waals surface area contributed by atoms with Crippen molar-refractivity contribution in [3.63, 3.8) is 0 Å². The zero-order valence-electron chi connectivity index (χ0n) is 12.2. The number of carbonyl (C=O) groups excluding carboxylic acids is 1. The van der Waals surface area contributed by atoms with Crippen LogP contribution in [0.5, 0.6) is 5.75 Å². The molecule has 1 aromatic carbocycles. The third-order valence-corrected chi connectivity index (χ3v) is 4.29. The van der Waals surface area contributed by atoms with E-state index in [1.54, 1.807) is 0 Å². The molecule has 5 heteroatoms. The molecule has 1 aromatic rings. The van der Waals surface area contributed by atoms with Crippen molar-refractivity contribution in [1.82, 2.24) is 5.32 Å². The SMILES string of the molecule is COCC(=O)NC(c1ccc2c(c1)CCO2)C1CC(O)C1. The van der Waals surface area contributed by atoms with Crippen LogP contribution in [0.2, 0.25) is 0 Å². The summed E-state index contributed by atoms with van der Waals surface area (Å²) in [5.41, 5.74) is 2.28. The molecule has 0 spiro atoms. The lowest BCUT2D eigenvalue weighted by Crippen LogP contribution is -2.42. The normalized spacial score (nSPS) is 24.7. The molecule has 1 heterocycles.